The molecule has 17 heavy (non-hydrogen) atoms. The van der Waals surface area contributed by atoms with Crippen LogP contribution in [0.1, 0.15) is 25.7 Å². The Morgan fingerprint density at radius 1 is 1.47 bits per heavy atom. The zero-order valence-electron chi connectivity index (χ0n) is 9.69. The molecule has 1 rings (SSSR count). The quantitative estimate of drug-likeness (QED) is 0.494. The summed E-state index contributed by atoms with van der Waals surface area (Å²) in [6.07, 6.45) is 3.34. The van der Waals surface area contributed by atoms with Crippen LogP contribution in [0.4, 0.5) is 0 Å². The van der Waals surface area contributed by atoms with Crippen LogP contribution in [0.5, 0.6) is 0 Å². The van der Waals surface area contributed by atoms with Crippen LogP contribution in [0, 0.1) is 11.3 Å². The van der Waals surface area contributed by atoms with Gasteiger partial charge in [-0.2, -0.15) is 5.26 Å². The summed E-state index contributed by atoms with van der Waals surface area (Å²) in [6, 6.07) is 1.86. The number of hydrogen-bond donors (Lipinski definition) is 2. The minimum atomic E-state index is -0.739. The Labute approximate surface area is 100 Å². The van der Waals surface area contributed by atoms with Gasteiger partial charge in [-0.3, -0.25) is 9.59 Å². The minimum absolute atomic E-state index is 0.00366. The lowest BCUT2D eigenvalue weighted by molar-refractivity contribution is -0.148. The molecule has 0 unspecified atom stereocenters. The summed E-state index contributed by atoms with van der Waals surface area (Å²) in [4.78, 5) is 24.8. The van der Waals surface area contributed by atoms with Crippen LogP contribution in [0.15, 0.2) is 0 Å². The van der Waals surface area contributed by atoms with Gasteiger partial charge in [-0.15, -0.1) is 0 Å². The first kappa shape index (κ1) is 13.5. The summed E-state index contributed by atoms with van der Waals surface area (Å²) < 4.78 is 0. The topological polar surface area (TPSA) is 93.4 Å². The van der Waals surface area contributed by atoms with Crippen LogP contribution in [-0.4, -0.2) is 47.6 Å². The van der Waals surface area contributed by atoms with E-state index in [4.69, 9.17) is 10.4 Å². The average molecular weight is 239 g/mol. The normalized spacial score (nSPS) is 14.6. The second-order valence-corrected chi connectivity index (χ2v) is 4.00. The molecule has 2 amide bonds. The maximum absolute atomic E-state index is 11.8. The smallest absolute Gasteiger partial charge is 0.312 e. The Morgan fingerprint density at radius 3 is 2.65 bits per heavy atom. The van der Waals surface area contributed by atoms with Gasteiger partial charge in [0.15, 0.2) is 0 Å². The lowest BCUT2D eigenvalue weighted by Crippen LogP contribution is -2.50. The number of carbonyl (C=O) groups excluding carboxylic acids is 2. The van der Waals surface area contributed by atoms with Gasteiger partial charge in [0.05, 0.1) is 6.07 Å². The van der Waals surface area contributed by atoms with Crippen molar-refractivity contribution >= 4 is 11.8 Å². The summed E-state index contributed by atoms with van der Waals surface area (Å²) >= 11 is 0. The number of rotatable bonds is 5. The lowest BCUT2D eigenvalue weighted by atomic mass is 9.91. The Morgan fingerprint density at radius 2 is 2.18 bits per heavy atom. The highest BCUT2D eigenvalue weighted by Crippen LogP contribution is 2.24. The highest BCUT2D eigenvalue weighted by molar-refractivity contribution is 6.35. The van der Waals surface area contributed by atoms with Crippen LogP contribution in [0.25, 0.3) is 0 Å². The van der Waals surface area contributed by atoms with E-state index in [-0.39, 0.29) is 19.2 Å². The highest BCUT2D eigenvalue weighted by atomic mass is 16.3. The van der Waals surface area contributed by atoms with Gasteiger partial charge in [0.25, 0.3) is 0 Å². The van der Waals surface area contributed by atoms with Crippen LogP contribution in [0.3, 0.4) is 0 Å². The fourth-order valence-electron chi connectivity index (χ4n) is 1.72. The molecule has 94 valence electrons. The molecule has 0 saturated heterocycles. The van der Waals surface area contributed by atoms with E-state index in [2.05, 4.69) is 5.32 Å². The Kier molecular flexibility index (Phi) is 5.43. The van der Waals surface area contributed by atoms with Gasteiger partial charge >= 0.3 is 11.8 Å². The molecule has 0 aromatic heterocycles. The monoisotopic (exact) mass is 239 g/mol. The number of nitriles is 1. The number of nitrogens with one attached hydrogen (secondary N) is 1. The lowest BCUT2D eigenvalue weighted by Gasteiger charge is -2.37. The van der Waals surface area contributed by atoms with Gasteiger partial charge in [-0.25, -0.2) is 0 Å². The molecule has 1 aliphatic rings. The molecule has 6 heteroatoms. The maximum atomic E-state index is 11.8. The third kappa shape index (κ3) is 3.71. The SMILES string of the molecule is N#CCNC(=O)C(=O)N(CCCO)C1CCC1. The van der Waals surface area contributed by atoms with E-state index in [1.54, 1.807) is 6.07 Å². The van der Waals surface area contributed by atoms with Crippen molar-refractivity contribution in [2.24, 2.45) is 0 Å². The number of nitrogens with zero attached hydrogens (tertiary/aromatic N) is 2. The van der Waals surface area contributed by atoms with E-state index in [9.17, 15) is 9.59 Å². The zero-order chi connectivity index (χ0) is 12.7. The van der Waals surface area contributed by atoms with E-state index >= 15 is 0 Å². The number of aliphatic hydroxyl groups excluding tert-OH is 1. The standard InChI is InChI=1S/C11H17N3O3/c12-5-6-13-10(16)11(17)14(7-2-8-15)9-3-1-4-9/h9,15H,1-4,6-8H2,(H,13,16). The van der Waals surface area contributed by atoms with Crippen molar-refractivity contribution in [1.29, 1.82) is 5.26 Å². The van der Waals surface area contributed by atoms with Gasteiger partial charge in [0, 0.05) is 19.2 Å². The number of aliphatic hydroxyl groups is 1. The average Bonchev–Trinajstić information content (AvgIpc) is 2.27. The predicted molar refractivity (Wildman–Crippen MR) is 59.7 cm³/mol. The van der Waals surface area contributed by atoms with Crippen molar-refractivity contribution in [3.05, 3.63) is 0 Å². The molecule has 0 aromatic rings. The molecule has 0 aliphatic heterocycles. The Balaban J connectivity index is 2.52. The van der Waals surface area contributed by atoms with Crippen molar-refractivity contribution in [3.8, 4) is 6.07 Å². The van der Waals surface area contributed by atoms with Gasteiger partial charge < -0.3 is 15.3 Å². The summed E-state index contributed by atoms with van der Waals surface area (Å²) in [5.41, 5.74) is 0. The molecule has 0 aromatic carbocycles. The molecule has 1 aliphatic carbocycles. The largest absolute Gasteiger partial charge is 0.396 e. The van der Waals surface area contributed by atoms with E-state index < -0.39 is 11.8 Å². The number of carbonyl (C=O) groups is 2. The third-order valence-corrected chi connectivity index (χ3v) is 2.86. The van der Waals surface area contributed by atoms with Crippen LogP contribution >= 0.6 is 0 Å². The molecule has 0 spiro atoms. The fraction of sp³-hybridized carbons (Fsp3) is 0.727. The Bertz CT molecular complexity index is 320. The molecule has 1 saturated carbocycles. The van der Waals surface area contributed by atoms with Crippen LogP contribution < -0.4 is 5.32 Å². The van der Waals surface area contributed by atoms with E-state index in [0.29, 0.717) is 13.0 Å². The molecule has 0 radical (unpaired) electrons. The summed E-state index contributed by atoms with van der Waals surface area (Å²) in [7, 11) is 0. The molecular weight excluding hydrogens is 222 g/mol. The maximum Gasteiger partial charge on any atom is 0.312 e. The summed E-state index contributed by atoms with van der Waals surface area (Å²) in [5.74, 6) is -1.34. The summed E-state index contributed by atoms with van der Waals surface area (Å²) in [5, 5.41) is 19.3. The van der Waals surface area contributed by atoms with Gasteiger partial charge in [-0.1, -0.05) is 0 Å². The molecule has 2 N–H and O–H groups in total. The fourth-order valence-corrected chi connectivity index (χ4v) is 1.72. The van der Waals surface area contributed by atoms with E-state index in [0.717, 1.165) is 19.3 Å². The zero-order valence-corrected chi connectivity index (χ0v) is 9.69. The first-order valence-electron chi connectivity index (χ1n) is 5.77. The predicted octanol–water partition coefficient (Wildman–Crippen LogP) is -0.610. The molecular formula is C11H17N3O3. The third-order valence-electron chi connectivity index (χ3n) is 2.86. The van der Waals surface area contributed by atoms with Crippen molar-refractivity contribution in [1.82, 2.24) is 10.2 Å². The second kappa shape index (κ2) is 6.86. The van der Waals surface area contributed by atoms with Crippen LogP contribution in [0.2, 0.25) is 0 Å². The molecule has 0 bridgehead atoms. The molecule has 0 heterocycles. The number of amides is 2. The van der Waals surface area contributed by atoms with Gasteiger partial charge in [0.2, 0.25) is 0 Å². The van der Waals surface area contributed by atoms with Crippen molar-refractivity contribution in [3.63, 3.8) is 0 Å². The van der Waals surface area contributed by atoms with Crippen LogP contribution in [-0.2, 0) is 9.59 Å². The number of hydrogen-bond acceptors (Lipinski definition) is 4. The summed E-state index contributed by atoms with van der Waals surface area (Å²) in [6.45, 7) is 0.222. The minimum Gasteiger partial charge on any atom is -0.396 e. The molecule has 1 fully saturated rings. The van der Waals surface area contributed by atoms with Crippen molar-refractivity contribution < 1.29 is 14.7 Å². The first-order chi connectivity index (χ1) is 8.20. The Hall–Kier alpha value is -1.61. The van der Waals surface area contributed by atoms with Gasteiger partial charge in [-0.05, 0) is 25.7 Å². The molecule has 6 nitrogen and oxygen atoms in total. The van der Waals surface area contributed by atoms with E-state index in [1.165, 1.54) is 4.90 Å². The molecule has 0 atom stereocenters. The highest BCUT2D eigenvalue weighted by Gasteiger charge is 2.31. The first-order valence-corrected chi connectivity index (χ1v) is 5.77. The van der Waals surface area contributed by atoms with Crippen molar-refractivity contribution in [2.45, 2.75) is 31.7 Å². The second-order valence-electron chi connectivity index (χ2n) is 4.00. The van der Waals surface area contributed by atoms with Crippen molar-refractivity contribution in [2.75, 3.05) is 19.7 Å². The van der Waals surface area contributed by atoms with E-state index in [1.807, 2.05) is 0 Å². The van der Waals surface area contributed by atoms with Gasteiger partial charge in [0.1, 0.15) is 6.54 Å².